The number of alkyl halides is 3. The maximum absolute atomic E-state index is 12.3. The van der Waals surface area contributed by atoms with Gasteiger partial charge in [0, 0.05) is 201 Å². The number of nitrogens with zero attached hydrogens (tertiary/aromatic N) is 7. The van der Waals surface area contributed by atoms with Crippen molar-refractivity contribution in [1.82, 2.24) is 34.9 Å². The zero-order valence-electron chi connectivity index (χ0n) is 73.7. The number of aromatic nitrogens is 7. The Kier molecular flexibility index (Phi) is 59.4. The molecular formula is C109H91F3Ir6N7O7PtS2-7. The molecule has 0 saturated carbocycles. The molecule has 0 fully saturated rings. The molecule has 0 saturated heterocycles. The van der Waals surface area contributed by atoms with Gasteiger partial charge in [-0.1, -0.05) is 182 Å². The number of ketones is 3. The minimum atomic E-state index is -4.32. The van der Waals surface area contributed by atoms with Gasteiger partial charge in [-0.15, -0.1) is 201 Å². The van der Waals surface area contributed by atoms with Crippen molar-refractivity contribution in [3.8, 4) is 88.8 Å². The summed E-state index contributed by atoms with van der Waals surface area (Å²) in [5.74, 6) is 0.435. The molecule has 0 spiro atoms. The molecule has 26 heteroatoms. The fourth-order valence-electron chi connectivity index (χ4n) is 11.6. The number of oxazole rings is 1. The maximum Gasteiger partial charge on any atom is 0.381 e. The summed E-state index contributed by atoms with van der Waals surface area (Å²) in [7, 11) is 0. The van der Waals surface area contributed by atoms with E-state index in [2.05, 4.69) is 170 Å². The summed E-state index contributed by atoms with van der Waals surface area (Å²) < 4.78 is 43.7. The van der Waals surface area contributed by atoms with Gasteiger partial charge in [0.25, 0.3) is 0 Å². The van der Waals surface area contributed by atoms with Crippen LogP contribution in [0.15, 0.2) is 392 Å². The van der Waals surface area contributed by atoms with Crippen LogP contribution >= 0.6 is 22.7 Å². The first kappa shape index (κ1) is 120. The average Bonchev–Trinajstić information content (AvgIpc) is 1.69. The van der Waals surface area contributed by atoms with E-state index in [1.165, 1.54) is 111 Å². The second kappa shape index (κ2) is 66.7. The van der Waals surface area contributed by atoms with Gasteiger partial charge in [-0.2, -0.15) is 36.6 Å². The normalized spacial score (nSPS) is 10.1. The van der Waals surface area contributed by atoms with Gasteiger partial charge in [0.1, 0.15) is 11.5 Å². The molecule has 135 heavy (non-hydrogen) atoms. The number of aryl methyl sites for hydroxylation is 1. The molecule has 3 N–H and O–H groups in total. The quantitative estimate of drug-likeness (QED) is 0.0525. The van der Waals surface area contributed by atoms with Crippen molar-refractivity contribution in [2.75, 3.05) is 0 Å². The molecule has 0 aliphatic rings. The van der Waals surface area contributed by atoms with Crippen LogP contribution in [0.3, 0.4) is 0 Å². The van der Waals surface area contributed by atoms with Gasteiger partial charge in [0.2, 0.25) is 0 Å². The smallest absolute Gasteiger partial charge is 0.381 e. The number of thiophene rings is 1. The number of pyridine rings is 5. The zero-order chi connectivity index (χ0) is 91.1. The number of halogens is 3. The molecule has 18 rings (SSSR count). The Hall–Kier alpha value is -10.7. The summed E-state index contributed by atoms with van der Waals surface area (Å²) in [5.41, 5.74) is 16.0. The van der Waals surface area contributed by atoms with E-state index >= 15 is 0 Å². The van der Waals surface area contributed by atoms with Crippen molar-refractivity contribution in [2.24, 2.45) is 0 Å². The Balaban J connectivity index is 0.000000513. The predicted octanol–water partition coefficient (Wildman–Crippen LogP) is 28.1. The van der Waals surface area contributed by atoms with Crippen molar-refractivity contribution in [3.05, 3.63) is 441 Å². The van der Waals surface area contributed by atoms with E-state index in [-0.39, 0.29) is 176 Å². The third-order valence-electron chi connectivity index (χ3n) is 17.3. The van der Waals surface area contributed by atoms with Crippen LogP contribution in [0.4, 0.5) is 13.2 Å². The van der Waals surface area contributed by atoms with E-state index < -0.39 is 11.7 Å². The van der Waals surface area contributed by atoms with Gasteiger partial charge in [-0.3, -0.25) is 24.4 Å². The van der Waals surface area contributed by atoms with Crippen LogP contribution in [0, 0.1) is 42.5 Å². The number of aliphatic hydroxyl groups is 3. The number of aliphatic hydroxyl groups excluding tert-OH is 3. The molecule has 14 nitrogen and oxygen atoms in total. The monoisotopic (exact) mass is 3080 g/mol. The minimum absolute atomic E-state index is 0. The van der Waals surface area contributed by atoms with Gasteiger partial charge in [0.05, 0.1) is 28.3 Å². The first-order valence-corrected chi connectivity index (χ1v) is 42.1. The van der Waals surface area contributed by atoms with Crippen molar-refractivity contribution in [2.45, 2.75) is 73.9 Å². The second-order valence-corrected chi connectivity index (χ2v) is 29.6. The minimum Gasteiger partial charge on any atom is -0.512 e. The fraction of sp³-hybridized carbons (Fsp3) is 0.101. The number of hydrogen-bond acceptors (Lipinski definition) is 16. The summed E-state index contributed by atoms with van der Waals surface area (Å²) in [6.07, 6.45) is 11.6. The summed E-state index contributed by atoms with van der Waals surface area (Å²) >= 11 is 3.38. The SMILES string of the molecule is CC(=O)C=C(C)O.CC(=O)C=C(C)O.CC(=O)C=C(C)O.CCCCc1c[c-]c(-c2ccccn2)cc1.FC(F)(F)c1c[c-]c(-c2ccccn2)cc1.[Ir].[Ir].[Ir].[Ir].[Ir].[Ir].[Pt].[c-]1ccc(-c2ccccc2)cc1-c1ccccn1.[c-]1ccc2ccccc2c1-c1nc2ccccc2s1.[c-]1ccccc1-c1ccccn1.[c-]1ccccc1-c1nc2ccccc2o1.[c-]1ccsc1-c1ccccn1. The summed E-state index contributed by atoms with van der Waals surface area (Å²) in [4.78, 5) is 61.4. The topological polar surface area (TPSA) is 215 Å². The number of fused-ring (bicyclic) bond motifs is 3. The van der Waals surface area contributed by atoms with E-state index in [0.29, 0.717) is 17.1 Å². The van der Waals surface area contributed by atoms with Crippen LogP contribution in [0.2, 0.25) is 0 Å². The summed E-state index contributed by atoms with van der Waals surface area (Å²) in [6.45, 7) is 10.8. The third kappa shape index (κ3) is 43.9. The number of carbonyl (C=O) groups excluding carboxylic acids is 3. The second-order valence-electron chi connectivity index (χ2n) is 27.7. The van der Waals surface area contributed by atoms with Crippen molar-refractivity contribution in [3.63, 3.8) is 0 Å². The number of hydrogen-bond donors (Lipinski definition) is 3. The molecule has 8 heterocycles. The van der Waals surface area contributed by atoms with E-state index in [1.807, 2.05) is 200 Å². The Morgan fingerprint density at radius 3 is 1.30 bits per heavy atom. The maximum atomic E-state index is 12.3. The number of rotatable bonds is 14. The molecule has 0 bridgehead atoms. The van der Waals surface area contributed by atoms with Crippen LogP contribution in [0.5, 0.6) is 0 Å². The number of carbonyl (C=O) groups is 3. The molecule has 6 radical (unpaired) electrons. The fourth-order valence-corrected chi connectivity index (χ4v) is 13.2. The Morgan fingerprint density at radius 2 is 0.859 bits per heavy atom. The van der Waals surface area contributed by atoms with Gasteiger partial charge in [-0.05, 0) is 136 Å². The molecule has 708 valence electrons. The Labute approximate surface area is 890 Å². The first-order valence-electron chi connectivity index (χ1n) is 40.4. The van der Waals surface area contributed by atoms with Crippen molar-refractivity contribution in [1.29, 1.82) is 0 Å². The Bertz CT molecular complexity index is 6220. The van der Waals surface area contributed by atoms with E-state index in [0.717, 1.165) is 95.6 Å². The van der Waals surface area contributed by atoms with Gasteiger partial charge in [0.15, 0.2) is 17.3 Å². The van der Waals surface area contributed by atoms with Crippen LogP contribution in [0.1, 0.15) is 72.4 Å². The van der Waals surface area contributed by atoms with Gasteiger partial charge < -0.3 is 44.7 Å². The average molecular weight is 3080 g/mol. The van der Waals surface area contributed by atoms with Crippen molar-refractivity contribution >= 4 is 72.1 Å². The van der Waals surface area contributed by atoms with Crippen LogP contribution in [-0.2, 0) is 169 Å². The van der Waals surface area contributed by atoms with E-state index in [1.54, 1.807) is 65.7 Å². The molecule has 0 unspecified atom stereocenters. The van der Waals surface area contributed by atoms with E-state index in [4.69, 9.17) is 24.7 Å². The molecule has 0 aliphatic carbocycles. The van der Waals surface area contributed by atoms with Crippen molar-refractivity contribution < 1.29 is 189 Å². The molecule has 0 atom stereocenters. The van der Waals surface area contributed by atoms with E-state index in [9.17, 15) is 27.6 Å². The summed E-state index contributed by atoms with van der Waals surface area (Å²) in [6, 6.07) is 123. The zero-order valence-corrected chi connectivity index (χ0v) is 92.0. The number of benzene rings is 10. The molecular weight excluding hydrogens is 2990 g/mol. The molecule has 0 amide bonds. The molecule has 8 aromatic heterocycles. The number of unbranched alkanes of at least 4 members (excludes halogenated alkanes) is 1. The van der Waals surface area contributed by atoms with Crippen LogP contribution < -0.4 is 0 Å². The number of allylic oxidation sites excluding steroid dienone is 6. The summed E-state index contributed by atoms with van der Waals surface area (Å²) in [5, 5.41) is 30.6. The largest absolute Gasteiger partial charge is 0.512 e. The number of thiazole rings is 1. The molecule has 10 aromatic carbocycles. The van der Waals surface area contributed by atoms with Crippen LogP contribution in [-0.4, -0.2) is 67.6 Å². The standard InChI is InChI=1S/C17H10NS.C17H12N.C15H16N.C13H8NO.C12H7F3N.C11H8N.C9H6NS.3C5H8O2.6Ir.Pt/c1-2-8-13-12(6-1)7-5-9-14(13)17-18-15-10-3-4-11-16(15)19-17;1-2-7-14(8-3-1)15-9-6-10-16(13-15)17-11-4-5-12-18-17;1-2-3-6-13-8-10-14(11-9-13)15-7-4-5-12-16-15;1-2-6-10(7-3-1)13-14-11-8-4-5-9-12(11)15-13;13-12(14,15)10-6-4-9(5-7-10)11-3-1-2-8-16-11;1-2-6-10(7-3-1)11-8-4-5-9-12-11;1-2-6-10-8(4-1)9-5-3-7-11-9;3*1-4(6)3-5(2)7;;;;;;;/h1-8,10-11H;1-9,11-13H;4-5,7-10,12H,2-3,6H2,1H3;1-6,8-9H;1-4,6-8H;1-6,8-9H;1-4,6-7H;3*3,6H,1-2H3;;;;;;;/q7*-1;;;;;;;;;;. The third-order valence-corrected chi connectivity index (χ3v) is 19.2. The number of para-hydroxylation sites is 3. The Morgan fingerprint density at radius 1 is 0.407 bits per heavy atom. The van der Waals surface area contributed by atoms with Crippen LogP contribution in [0.25, 0.3) is 121 Å². The van der Waals surface area contributed by atoms with Gasteiger partial charge in [-0.25, -0.2) is 11.3 Å². The molecule has 18 aromatic rings. The van der Waals surface area contributed by atoms with Gasteiger partial charge >= 0.3 is 6.18 Å². The predicted molar refractivity (Wildman–Crippen MR) is 510 cm³/mol. The molecule has 0 aliphatic heterocycles. The first-order chi connectivity index (χ1) is 62.1.